The van der Waals surface area contributed by atoms with Gasteiger partial charge in [0.25, 0.3) is 0 Å². The Bertz CT molecular complexity index is 314. The van der Waals surface area contributed by atoms with Gasteiger partial charge in [0.2, 0.25) is 5.91 Å². The maximum atomic E-state index is 11.3. The summed E-state index contributed by atoms with van der Waals surface area (Å²) in [6.07, 6.45) is -0.00236. The van der Waals surface area contributed by atoms with Crippen LogP contribution in [0.1, 0.15) is 13.3 Å². The van der Waals surface area contributed by atoms with Gasteiger partial charge < -0.3 is 10.4 Å². The van der Waals surface area contributed by atoms with E-state index in [1.807, 2.05) is 30.3 Å². The van der Waals surface area contributed by atoms with Crippen LogP contribution in [0.25, 0.3) is 0 Å². The van der Waals surface area contributed by atoms with E-state index in [1.165, 1.54) is 4.90 Å². The second-order valence-corrected chi connectivity index (χ2v) is 4.73. The van der Waals surface area contributed by atoms with Crippen LogP contribution in [0.15, 0.2) is 35.2 Å². The molecule has 4 heteroatoms. The average molecular weight is 239 g/mol. The maximum absolute atomic E-state index is 11.3. The molecule has 0 aliphatic rings. The highest BCUT2D eigenvalue weighted by molar-refractivity contribution is 7.99. The van der Waals surface area contributed by atoms with E-state index in [0.717, 1.165) is 5.75 Å². The van der Waals surface area contributed by atoms with Gasteiger partial charge in [0.15, 0.2) is 0 Å². The summed E-state index contributed by atoms with van der Waals surface area (Å²) in [6, 6.07) is 9.99. The molecule has 0 aromatic heterocycles. The first-order valence-electron chi connectivity index (χ1n) is 5.31. The lowest BCUT2D eigenvalue weighted by molar-refractivity contribution is -0.121. The first kappa shape index (κ1) is 13.1. The van der Waals surface area contributed by atoms with E-state index in [2.05, 4.69) is 5.32 Å². The topological polar surface area (TPSA) is 49.3 Å². The van der Waals surface area contributed by atoms with Crippen LogP contribution in [0, 0.1) is 0 Å². The van der Waals surface area contributed by atoms with E-state index in [9.17, 15) is 4.79 Å². The van der Waals surface area contributed by atoms with Gasteiger partial charge in [0.05, 0.1) is 6.10 Å². The van der Waals surface area contributed by atoms with Gasteiger partial charge in [-0.2, -0.15) is 0 Å². The van der Waals surface area contributed by atoms with Crippen molar-refractivity contribution in [3.8, 4) is 0 Å². The molecule has 88 valence electrons. The minimum atomic E-state index is -0.481. The number of hydrogen-bond acceptors (Lipinski definition) is 3. The summed E-state index contributed by atoms with van der Waals surface area (Å²) in [5.41, 5.74) is 0. The lowest BCUT2D eigenvalue weighted by Crippen LogP contribution is -2.30. The van der Waals surface area contributed by atoms with Crippen molar-refractivity contribution in [2.75, 3.05) is 12.3 Å². The molecule has 0 radical (unpaired) electrons. The Hall–Kier alpha value is -1.00. The fourth-order valence-electron chi connectivity index (χ4n) is 1.13. The summed E-state index contributed by atoms with van der Waals surface area (Å²) in [5, 5.41) is 11.7. The number of carbonyl (C=O) groups excluding carboxylic acids is 1. The van der Waals surface area contributed by atoms with E-state index in [-0.39, 0.29) is 5.91 Å². The van der Waals surface area contributed by atoms with Gasteiger partial charge in [-0.3, -0.25) is 4.79 Å². The molecular formula is C12H17NO2S. The van der Waals surface area contributed by atoms with Crippen molar-refractivity contribution in [2.45, 2.75) is 24.3 Å². The Morgan fingerprint density at radius 2 is 2.12 bits per heavy atom. The molecule has 0 heterocycles. The number of carbonyl (C=O) groups is 1. The van der Waals surface area contributed by atoms with Crippen LogP contribution in [0.5, 0.6) is 0 Å². The van der Waals surface area contributed by atoms with E-state index in [1.54, 1.807) is 18.7 Å². The second-order valence-electron chi connectivity index (χ2n) is 3.56. The molecule has 1 atom stereocenters. The van der Waals surface area contributed by atoms with Gasteiger partial charge in [-0.25, -0.2) is 0 Å². The third kappa shape index (κ3) is 5.78. The molecule has 0 spiro atoms. The van der Waals surface area contributed by atoms with Gasteiger partial charge in [-0.05, 0) is 19.1 Å². The third-order valence-electron chi connectivity index (χ3n) is 1.94. The predicted molar refractivity (Wildman–Crippen MR) is 66.5 cm³/mol. The third-order valence-corrected chi connectivity index (χ3v) is 2.95. The van der Waals surface area contributed by atoms with Crippen LogP contribution < -0.4 is 5.32 Å². The van der Waals surface area contributed by atoms with E-state index in [0.29, 0.717) is 13.0 Å². The molecule has 0 aliphatic carbocycles. The van der Waals surface area contributed by atoms with Crippen molar-refractivity contribution in [1.82, 2.24) is 5.32 Å². The molecule has 0 bridgehead atoms. The van der Waals surface area contributed by atoms with Crippen molar-refractivity contribution in [3.05, 3.63) is 30.3 Å². The fraction of sp³-hybridized carbons (Fsp3) is 0.417. The zero-order valence-corrected chi connectivity index (χ0v) is 10.2. The lowest BCUT2D eigenvalue weighted by atomic mass is 10.4. The smallest absolute Gasteiger partial charge is 0.220 e. The Morgan fingerprint density at radius 1 is 1.44 bits per heavy atom. The molecular weight excluding hydrogens is 222 g/mol. The predicted octanol–water partition coefficient (Wildman–Crippen LogP) is 1.67. The molecule has 0 aliphatic heterocycles. The minimum absolute atomic E-state index is 0.00988. The maximum Gasteiger partial charge on any atom is 0.220 e. The molecule has 0 fully saturated rings. The number of amides is 1. The van der Waals surface area contributed by atoms with Gasteiger partial charge >= 0.3 is 0 Å². The quantitative estimate of drug-likeness (QED) is 0.742. The van der Waals surface area contributed by atoms with Crippen molar-refractivity contribution >= 4 is 17.7 Å². The number of thioether (sulfide) groups is 1. The first-order chi connectivity index (χ1) is 7.68. The van der Waals surface area contributed by atoms with Crippen LogP contribution in [-0.2, 0) is 4.79 Å². The summed E-state index contributed by atoms with van der Waals surface area (Å²) in [7, 11) is 0. The van der Waals surface area contributed by atoms with Gasteiger partial charge in [-0.1, -0.05) is 18.2 Å². The molecule has 1 amide bonds. The summed E-state index contributed by atoms with van der Waals surface area (Å²) in [5.74, 6) is 0.750. The Labute approximate surface area is 100 Å². The van der Waals surface area contributed by atoms with Crippen LogP contribution in [-0.4, -0.2) is 29.4 Å². The molecule has 0 saturated heterocycles. The SMILES string of the molecule is C[C@H](O)CNC(=O)CCSc1ccccc1. The number of rotatable bonds is 6. The van der Waals surface area contributed by atoms with Crippen LogP contribution in [0.2, 0.25) is 0 Å². The van der Waals surface area contributed by atoms with Gasteiger partial charge in [0.1, 0.15) is 0 Å². The highest BCUT2D eigenvalue weighted by Crippen LogP contribution is 2.17. The van der Waals surface area contributed by atoms with Crippen molar-refractivity contribution in [3.63, 3.8) is 0 Å². The molecule has 0 unspecified atom stereocenters. The minimum Gasteiger partial charge on any atom is -0.392 e. The number of aliphatic hydroxyl groups is 1. The first-order valence-corrected chi connectivity index (χ1v) is 6.29. The van der Waals surface area contributed by atoms with Crippen LogP contribution in [0.4, 0.5) is 0 Å². The fourth-order valence-corrected chi connectivity index (χ4v) is 2.00. The van der Waals surface area contributed by atoms with E-state index in [4.69, 9.17) is 5.11 Å². The Balaban J connectivity index is 2.13. The zero-order valence-electron chi connectivity index (χ0n) is 9.35. The highest BCUT2D eigenvalue weighted by atomic mass is 32.2. The number of benzene rings is 1. The van der Waals surface area contributed by atoms with Crippen molar-refractivity contribution in [1.29, 1.82) is 0 Å². The number of aliphatic hydroxyl groups excluding tert-OH is 1. The summed E-state index contributed by atoms with van der Waals surface area (Å²) < 4.78 is 0. The summed E-state index contributed by atoms with van der Waals surface area (Å²) in [4.78, 5) is 12.5. The van der Waals surface area contributed by atoms with Crippen LogP contribution in [0.3, 0.4) is 0 Å². The Morgan fingerprint density at radius 3 is 2.75 bits per heavy atom. The zero-order chi connectivity index (χ0) is 11.8. The molecule has 1 rings (SSSR count). The van der Waals surface area contributed by atoms with Crippen LogP contribution >= 0.6 is 11.8 Å². The Kier molecular flexibility index (Phi) is 5.96. The normalized spacial score (nSPS) is 12.1. The van der Waals surface area contributed by atoms with Gasteiger partial charge in [-0.15, -0.1) is 11.8 Å². The molecule has 16 heavy (non-hydrogen) atoms. The van der Waals surface area contributed by atoms with Gasteiger partial charge in [0, 0.05) is 23.6 Å². The van der Waals surface area contributed by atoms with Crippen molar-refractivity contribution in [2.24, 2.45) is 0 Å². The summed E-state index contributed by atoms with van der Waals surface area (Å²) >= 11 is 1.66. The standard InChI is InChI=1S/C12H17NO2S/c1-10(14)9-13-12(15)7-8-16-11-5-3-2-4-6-11/h2-6,10,14H,7-9H2,1H3,(H,13,15)/t10-/m0/s1. The second kappa shape index (κ2) is 7.30. The molecule has 0 saturated carbocycles. The molecule has 2 N–H and O–H groups in total. The van der Waals surface area contributed by atoms with E-state index < -0.39 is 6.10 Å². The monoisotopic (exact) mass is 239 g/mol. The largest absolute Gasteiger partial charge is 0.392 e. The highest BCUT2D eigenvalue weighted by Gasteiger charge is 2.02. The molecule has 1 aromatic rings. The van der Waals surface area contributed by atoms with Crippen molar-refractivity contribution < 1.29 is 9.90 Å². The van der Waals surface area contributed by atoms with E-state index >= 15 is 0 Å². The molecule has 3 nitrogen and oxygen atoms in total. The lowest BCUT2D eigenvalue weighted by Gasteiger charge is -2.06. The summed E-state index contributed by atoms with van der Waals surface area (Å²) in [6.45, 7) is 1.98. The average Bonchev–Trinajstić information content (AvgIpc) is 2.28. The number of hydrogen-bond donors (Lipinski definition) is 2. The number of nitrogens with one attached hydrogen (secondary N) is 1. The molecule has 1 aromatic carbocycles.